The quantitative estimate of drug-likeness (QED) is 0.371. The predicted octanol–water partition coefficient (Wildman–Crippen LogP) is -5.93. The van der Waals surface area contributed by atoms with Gasteiger partial charge in [-0.2, -0.15) is 0 Å². The minimum atomic E-state index is -1.23. The van der Waals surface area contributed by atoms with Gasteiger partial charge in [-0.15, -0.1) is 0 Å². The zero-order chi connectivity index (χ0) is 8.85. The SMILES string of the molecule is C[C@H](NCC(O)CO)C(=O)[O-].[Na+]. The number of aliphatic hydroxyl groups is 2. The van der Waals surface area contributed by atoms with Crippen LogP contribution in [0.4, 0.5) is 0 Å². The fourth-order valence-electron chi connectivity index (χ4n) is 0.461. The molecule has 6 heteroatoms. The Balaban J connectivity index is 0. The Morgan fingerprint density at radius 1 is 1.67 bits per heavy atom. The Morgan fingerprint density at radius 2 is 2.17 bits per heavy atom. The summed E-state index contributed by atoms with van der Waals surface area (Å²) in [6.45, 7) is 1.07. The summed E-state index contributed by atoms with van der Waals surface area (Å²) in [4.78, 5) is 10.1. The van der Waals surface area contributed by atoms with Crippen LogP contribution in [0.25, 0.3) is 0 Å². The van der Waals surface area contributed by atoms with Gasteiger partial charge in [0, 0.05) is 12.6 Å². The maximum atomic E-state index is 10.1. The molecule has 0 aromatic carbocycles. The standard InChI is InChI=1S/C6H13NO4.Na/c1-4(6(10)11)7-2-5(9)3-8;/h4-5,7-9H,2-3H2,1H3,(H,10,11);/q;+1/p-1/t4-,5?;/m0./s1. The van der Waals surface area contributed by atoms with Crippen LogP contribution in [0.1, 0.15) is 6.92 Å². The Labute approximate surface area is 93.1 Å². The molecule has 1 unspecified atom stereocenters. The van der Waals surface area contributed by atoms with E-state index in [2.05, 4.69) is 5.32 Å². The largest absolute Gasteiger partial charge is 1.00 e. The summed E-state index contributed by atoms with van der Waals surface area (Å²) in [7, 11) is 0. The van der Waals surface area contributed by atoms with E-state index in [4.69, 9.17) is 10.2 Å². The van der Waals surface area contributed by atoms with Crippen molar-refractivity contribution in [3.8, 4) is 0 Å². The fourth-order valence-corrected chi connectivity index (χ4v) is 0.461. The van der Waals surface area contributed by atoms with Gasteiger partial charge in [-0.25, -0.2) is 0 Å². The maximum Gasteiger partial charge on any atom is 1.00 e. The molecule has 12 heavy (non-hydrogen) atoms. The normalized spacial score (nSPS) is 14.6. The number of aliphatic carboxylic acids is 1. The summed E-state index contributed by atoms with van der Waals surface area (Å²) >= 11 is 0. The van der Waals surface area contributed by atoms with E-state index in [1.54, 1.807) is 0 Å². The van der Waals surface area contributed by atoms with Gasteiger partial charge in [-0.05, 0) is 6.92 Å². The molecule has 0 rings (SSSR count). The van der Waals surface area contributed by atoms with Gasteiger partial charge in [0.15, 0.2) is 0 Å². The molecule has 0 amide bonds. The molecule has 2 atom stereocenters. The molecule has 0 heterocycles. The van der Waals surface area contributed by atoms with E-state index in [-0.39, 0.29) is 42.7 Å². The third-order valence-electron chi connectivity index (χ3n) is 1.22. The number of hydrogen-bond acceptors (Lipinski definition) is 5. The van der Waals surface area contributed by atoms with Crippen molar-refractivity contribution in [2.24, 2.45) is 0 Å². The zero-order valence-corrected chi connectivity index (χ0v) is 9.28. The number of nitrogens with one attached hydrogen (secondary N) is 1. The van der Waals surface area contributed by atoms with Gasteiger partial charge < -0.3 is 25.4 Å². The first-order valence-corrected chi connectivity index (χ1v) is 3.31. The second kappa shape index (κ2) is 7.97. The molecule has 0 aliphatic heterocycles. The summed E-state index contributed by atoms with van der Waals surface area (Å²) in [6, 6.07) is -0.809. The van der Waals surface area contributed by atoms with Crippen molar-refractivity contribution in [2.75, 3.05) is 13.2 Å². The van der Waals surface area contributed by atoms with E-state index >= 15 is 0 Å². The summed E-state index contributed by atoms with van der Waals surface area (Å²) in [6.07, 6.45) is -0.920. The van der Waals surface area contributed by atoms with Crippen molar-refractivity contribution in [2.45, 2.75) is 19.1 Å². The van der Waals surface area contributed by atoms with Gasteiger partial charge in [-0.3, -0.25) is 0 Å². The van der Waals surface area contributed by atoms with E-state index in [9.17, 15) is 9.90 Å². The van der Waals surface area contributed by atoms with E-state index in [1.165, 1.54) is 6.92 Å². The minimum absolute atomic E-state index is 0. The molecule has 0 saturated heterocycles. The first-order valence-electron chi connectivity index (χ1n) is 3.31. The van der Waals surface area contributed by atoms with Gasteiger partial charge in [-0.1, -0.05) is 0 Å². The first-order chi connectivity index (χ1) is 5.07. The van der Waals surface area contributed by atoms with Crippen molar-refractivity contribution in [3.63, 3.8) is 0 Å². The van der Waals surface area contributed by atoms with E-state index in [0.29, 0.717) is 0 Å². The molecule has 3 N–H and O–H groups in total. The number of carbonyl (C=O) groups is 1. The molecule has 0 spiro atoms. The summed E-state index contributed by atoms with van der Waals surface area (Å²) in [5.41, 5.74) is 0. The molecule has 0 fully saturated rings. The molecular formula is C6H12NNaO4. The van der Waals surface area contributed by atoms with Gasteiger partial charge in [0.1, 0.15) is 0 Å². The fraction of sp³-hybridized carbons (Fsp3) is 0.833. The van der Waals surface area contributed by atoms with Crippen LogP contribution in [-0.2, 0) is 4.79 Å². The van der Waals surface area contributed by atoms with Crippen LogP contribution in [0.5, 0.6) is 0 Å². The molecule has 0 aromatic rings. The molecule has 0 aliphatic rings. The molecule has 5 nitrogen and oxygen atoms in total. The Hall–Kier alpha value is 0.350. The second-order valence-corrected chi connectivity index (χ2v) is 2.29. The molecule has 0 aromatic heterocycles. The second-order valence-electron chi connectivity index (χ2n) is 2.29. The maximum absolute atomic E-state index is 10.1. The minimum Gasteiger partial charge on any atom is -0.548 e. The Bertz CT molecular complexity index is 133. The number of carboxylic acids is 1. The summed E-state index contributed by atoms with van der Waals surface area (Å²) in [5, 5.41) is 29.6. The number of hydrogen-bond donors (Lipinski definition) is 3. The average Bonchev–Trinajstić information content (AvgIpc) is 1.99. The third-order valence-corrected chi connectivity index (χ3v) is 1.22. The summed E-state index contributed by atoms with van der Waals surface area (Å²) < 4.78 is 0. The average molecular weight is 185 g/mol. The summed E-state index contributed by atoms with van der Waals surface area (Å²) in [5.74, 6) is -1.23. The van der Waals surface area contributed by atoms with Gasteiger partial charge in [0.25, 0.3) is 0 Å². The number of carbonyl (C=O) groups excluding carboxylic acids is 1. The van der Waals surface area contributed by atoms with Crippen molar-refractivity contribution in [3.05, 3.63) is 0 Å². The third kappa shape index (κ3) is 7.02. The van der Waals surface area contributed by atoms with Crippen LogP contribution < -0.4 is 40.0 Å². The van der Waals surface area contributed by atoms with Crippen molar-refractivity contribution < 1.29 is 49.7 Å². The van der Waals surface area contributed by atoms with Crippen molar-refractivity contribution in [1.82, 2.24) is 5.32 Å². The monoisotopic (exact) mass is 185 g/mol. The molecule has 0 bridgehead atoms. The van der Waals surface area contributed by atoms with E-state index in [0.717, 1.165) is 0 Å². The topological polar surface area (TPSA) is 92.6 Å². The van der Waals surface area contributed by atoms with Gasteiger partial charge in [0.2, 0.25) is 0 Å². The number of rotatable bonds is 5. The Kier molecular flexibility index (Phi) is 9.87. The molecule has 66 valence electrons. The molecular weight excluding hydrogens is 173 g/mol. The van der Waals surface area contributed by atoms with Crippen LogP contribution in [-0.4, -0.2) is 41.5 Å². The number of carboxylic acid groups (broad SMARTS) is 1. The molecule has 0 radical (unpaired) electrons. The van der Waals surface area contributed by atoms with Crippen LogP contribution in [0, 0.1) is 0 Å². The molecule has 0 saturated carbocycles. The smallest absolute Gasteiger partial charge is 0.548 e. The van der Waals surface area contributed by atoms with Crippen LogP contribution in [0.2, 0.25) is 0 Å². The Morgan fingerprint density at radius 3 is 2.50 bits per heavy atom. The van der Waals surface area contributed by atoms with E-state index in [1.807, 2.05) is 0 Å². The van der Waals surface area contributed by atoms with Crippen molar-refractivity contribution in [1.29, 1.82) is 0 Å². The van der Waals surface area contributed by atoms with E-state index < -0.39 is 18.1 Å². The van der Waals surface area contributed by atoms with Crippen molar-refractivity contribution >= 4 is 5.97 Å². The van der Waals surface area contributed by atoms with Crippen LogP contribution in [0.15, 0.2) is 0 Å². The van der Waals surface area contributed by atoms with Crippen LogP contribution in [0.3, 0.4) is 0 Å². The predicted molar refractivity (Wildman–Crippen MR) is 35.6 cm³/mol. The molecule has 0 aliphatic carbocycles. The number of aliphatic hydroxyl groups excluding tert-OH is 2. The van der Waals surface area contributed by atoms with Crippen LogP contribution >= 0.6 is 0 Å². The first kappa shape index (κ1) is 14.9. The zero-order valence-electron chi connectivity index (χ0n) is 7.28. The van der Waals surface area contributed by atoms with Gasteiger partial charge >= 0.3 is 29.6 Å². The van der Waals surface area contributed by atoms with Gasteiger partial charge in [0.05, 0.1) is 18.7 Å².